The summed E-state index contributed by atoms with van der Waals surface area (Å²) in [5.41, 5.74) is 2.89. The molecule has 0 saturated carbocycles. The topological polar surface area (TPSA) is 47.8 Å². The zero-order valence-corrected chi connectivity index (χ0v) is 11.1. The van der Waals surface area contributed by atoms with Gasteiger partial charge in [-0.05, 0) is 29.8 Å². The maximum Gasteiger partial charge on any atom is 0.153 e. The van der Waals surface area contributed by atoms with Crippen LogP contribution in [-0.4, -0.2) is 21.1 Å². The van der Waals surface area contributed by atoms with Crippen LogP contribution < -0.4 is 0 Å². The van der Waals surface area contributed by atoms with Gasteiger partial charge in [-0.2, -0.15) is 5.10 Å². The summed E-state index contributed by atoms with van der Waals surface area (Å²) >= 11 is 0. The third kappa shape index (κ3) is 2.86. The summed E-state index contributed by atoms with van der Waals surface area (Å²) in [7, 11) is 0. The molecule has 0 fully saturated rings. The first-order valence-electron chi connectivity index (χ1n) is 6.44. The zero-order valence-electron chi connectivity index (χ0n) is 11.1. The Morgan fingerprint density at radius 3 is 2.48 bits per heavy atom. The van der Waals surface area contributed by atoms with Crippen LogP contribution >= 0.6 is 0 Å². The Morgan fingerprint density at radius 2 is 1.81 bits per heavy atom. The number of nitrogens with zero attached hydrogens (tertiary/aromatic N) is 3. The van der Waals surface area contributed by atoms with Crippen molar-refractivity contribution in [3.63, 3.8) is 0 Å². The highest BCUT2D eigenvalue weighted by Crippen LogP contribution is 2.20. The first kappa shape index (κ1) is 13.2. The van der Waals surface area contributed by atoms with Gasteiger partial charge in [0.1, 0.15) is 11.5 Å². The molecule has 104 valence electrons. The van der Waals surface area contributed by atoms with Gasteiger partial charge in [-0.25, -0.2) is 4.39 Å². The van der Waals surface area contributed by atoms with Gasteiger partial charge in [-0.3, -0.25) is 14.5 Å². The highest BCUT2D eigenvalue weighted by molar-refractivity contribution is 5.85. The van der Waals surface area contributed by atoms with E-state index in [0.29, 0.717) is 17.8 Å². The molecule has 0 saturated heterocycles. The number of hydrogen-bond donors (Lipinski definition) is 0. The standard InChI is InChI=1S/C16H12FN3O/c17-15-3-1-12(2-4-15)9-20-10-14(11-21)16(19-20)13-5-7-18-8-6-13/h1-8,10-11H,9H2. The molecule has 4 nitrogen and oxygen atoms in total. The number of hydrogen-bond acceptors (Lipinski definition) is 3. The molecular weight excluding hydrogens is 269 g/mol. The molecule has 0 amide bonds. The highest BCUT2D eigenvalue weighted by atomic mass is 19.1. The molecule has 0 unspecified atom stereocenters. The fourth-order valence-electron chi connectivity index (χ4n) is 2.12. The summed E-state index contributed by atoms with van der Waals surface area (Å²) in [6.07, 6.45) is 5.78. The van der Waals surface area contributed by atoms with Crippen molar-refractivity contribution in [2.24, 2.45) is 0 Å². The number of aldehydes is 1. The average molecular weight is 281 g/mol. The summed E-state index contributed by atoms with van der Waals surface area (Å²) in [6.45, 7) is 0.478. The molecule has 2 aromatic heterocycles. The van der Waals surface area contributed by atoms with E-state index in [4.69, 9.17) is 0 Å². The van der Waals surface area contributed by atoms with E-state index >= 15 is 0 Å². The molecule has 0 radical (unpaired) electrons. The largest absolute Gasteiger partial charge is 0.298 e. The van der Waals surface area contributed by atoms with E-state index in [9.17, 15) is 9.18 Å². The van der Waals surface area contributed by atoms with Gasteiger partial charge in [0, 0.05) is 24.2 Å². The fourth-order valence-corrected chi connectivity index (χ4v) is 2.12. The Labute approximate surface area is 120 Å². The quantitative estimate of drug-likeness (QED) is 0.691. The van der Waals surface area contributed by atoms with Crippen molar-refractivity contribution in [2.75, 3.05) is 0 Å². The SMILES string of the molecule is O=Cc1cn(Cc2ccc(F)cc2)nc1-c1ccncc1. The molecule has 1 aromatic carbocycles. The predicted octanol–water partition coefficient (Wildman–Crippen LogP) is 2.95. The second-order valence-corrected chi connectivity index (χ2v) is 4.61. The second-order valence-electron chi connectivity index (χ2n) is 4.61. The van der Waals surface area contributed by atoms with Gasteiger partial charge in [0.15, 0.2) is 6.29 Å². The number of rotatable bonds is 4. The van der Waals surface area contributed by atoms with E-state index in [0.717, 1.165) is 17.4 Å². The van der Waals surface area contributed by atoms with Crippen molar-refractivity contribution in [2.45, 2.75) is 6.54 Å². The number of aromatic nitrogens is 3. The number of carbonyl (C=O) groups is 1. The van der Waals surface area contributed by atoms with Crippen molar-refractivity contribution < 1.29 is 9.18 Å². The maximum absolute atomic E-state index is 12.9. The lowest BCUT2D eigenvalue weighted by molar-refractivity contribution is 0.112. The number of halogens is 1. The molecule has 0 N–H and O–H groups in total. The number of benzene rings is 1. The van der Waals surface area contributed by atoms with Gasteiger partial charge in [-0.1, -0.05) is 12.1 Å². The van der Waals surface area contributed by atoms with Gasteiger partial charge in [0.2, 0.25) is 0 Å². The first-order valence-corrected chi connectivity index (χ1v) is 6.44. The van der Waals surface area contributed by atoms with Gasteiger partial charge in [0.25, 0.3) is 0 Å². The molecular formula is C16H12FN3O. The van der Waals surface area contributed by atoms with Gasteiger partial charge in [-0.15, -0.1) is 0 Å². The molecule has 5 heteroatoms. The fraction of sp³-hybridized carbons (Fsp3) is 0.0625. The monoisotopic (exact) mass is 281 g/mol. The number of carbonyl (C=O) groups excluding carboxylic acids is 1. The van der Waals surface area contributed by atoms with E-state index in [1.165, 1.54) is 12.1 Å². The van der Waals surface area contributed by atoms with Crippen LogP contribution in [0.1, 0.15) is 15.9 Å². The van der Waals surface area contributed by atoms with E-state index in [1.54, 1.807) is 47.5 Å². The Kier molecular flexibility index (Phi) is 3.55. The molecule has 3 aromatic rings. The molecule has 0 aliphatic heterocycles. The smallest absolute Gasteiger partial charge is 0.153 e. The third-order valence-corrected chi connectivity index (χ3v) is 3.13. The van der Waals surface area contributed by atoms with Crippen LogP contribution in [0.25, 0.3) is 11.3 Å². The summed E-state index contributed by atoms with van der Waals surface area (Å²) in [6, 6.07) is 9.81. The van der Waals surface area contributed by atoms with Crippen molar-refractivity contribution in [3.05, 3.63) is 71.9 Å². The molecule has 2 heterocycles. The minimum atomic E-state index is -0.273. The average Bonchev–Trinajstić information content (AvgIpc) is 2.93. The number of pyridine rings is 1. The van der Waals surface area contributed by atoms with Gasteiger partial charge in [0.05, 0.1) is 12.1 Å². The summed E-state index contributed by atoms with van der Waals surface area (Å²) in [5.74, 6) is -0.273. The molecule has 0 aliphatic rings. The van der Waals surface area contributed by atoms with Gasteiger partial charge >= 0.3 is 0 Å². The van der Waals surface area contributed by atoms with Crippen LogP contribution in [0.2, 0.25) is 0 Å². The summed E-state index contributed by atoms with van der Waals surface area (Å²) < 4.78 is 14.6. The highest BCUT2D eigenvalue weighted by Gasteiger charge is 2.10. The lowest BCUT2D eigenvalue weighted by Gasteiger charge is -2.01. The molecule has 0 aliphatic carbocycles. The summed E-state index contributed by atoms with van der Waals surface area (Å²) in [4.78, 5) is 15.1. The van der Waals surface area contributed by atoms with Crippen LogP contribution in [0.15, 0.2) is 55.0 Å². The zero-order chi connectivity index (χ0) is 14.7. The van der Waals surface area contributed by atoms with Crippen LogP contribution in [0.5, 0.6) is 0 Å². The van der Waals surface area contributed by atoms with Crippen molar-refractivity contribution in [3.8, 4) is 11.3 Å². The van der Waals surface area contributed by atoms with E-state index < -0.39 is 0 Å². The first-order chi connectivity index (χ1) is 10.3. The second kappa shape index (κ2) is 5.66. The van der Waals surface area contributed by atoms with E-state index in [-0.39, 0.29) is 5.82 Å². The minimum absolute atomic E-state index is 0.273. The molecule has 3 rings (SSSR count). The Morgan fingerprint density at radius 1 is 1.10 bits per heavy atom. The van der Waals surface area contributed by atoms with E-state index in [1.807, 2.05) is 0 Å². The van der Waals surface area contributed by atoms with Crippen LogP contribution in [-0.2, 0) is 6.54 Å². The lowest BCUT2D eigenvalue weighted by Crippen LogP contribution is -2.00. The van der Waals surface area contributed by atoms with Crippen LogP contribution in [0, 0.1) is 5.82 Å². The van der Waals surface area contributed by atoms with Crippen molar-refractivity contribution in [1.29, 1.82) is 0 Å². The Hall–Kier alpha value is -2.82. The van der Waals surface area contributed by atoms with Gasteiger partial charge < -0.3 is 0 Å². The Balaban J connectivity index is 1.92. The van der Waals surface area contributed by atoms with Crippen molar-refractivity contribution in [1.82, 2.24) is 14.8 Å². The normalized spacial score (nSPS) is 10.5. The third-order valence-electron chi connectivity index (χ3n) is 3.13. The molecule has 0 atom stereocenters. The molecule has 0 spiro atoms. The minimum Gasteiger partial charge on any atom is -0.298 e. The summed E-state index contributed by atoms with van der Waals surface area (Å²) in [5, 5.41) is 4.43. The van der Waals surface area contributed by atoms with E-state index in [2.05, 4.69) is 10.1 Å². The maximum atomic E-state index is 12.9. The lowest BCUT2D eigenvalue weighted by atomic mass is 10.1. The van der Waals surface area contributed by atoms with Crippen LogP contribution in [0.3, 0.4) is 0 Å². The predicted molar refractivity (Wildman–Crippen MR) is 76.3 cm³/mol. The van der Waals surface area contributed by atoms with Crippen LogP contribution in [0.4, 0.5) is 4.39 Å². The Bertz CT molecular complexity index is 751. The molecule has 0 bridgehead atoms. The van der Waals surface area contributed by atoms with Crippen molar-refractivity contribution >= 4 is 6.29 Å². The molecule has 21 heavy (non-hydrogen) atoms.